The van der Waals surface area contributed by atoms with Gasteiger partial charge in [-0.25, -0.2) is 4.79 Å². The van der Waals surface area contributed by atoms with Crippen molar-refractivity contribution >= 4 is 11.9 Å². The topological polar surface area (TPSA) is 71.3 Å². The molecule has 1 fully saturated rings. The fourth-order valence-electron chi connectivity index (χ4n) is 2.74. The molecule has 5 heteroatoms. The van der Waals surface area contributed by atoms with Gasteiger partial charge in [-0.3, -0.25) is 10.1 Å². The van der Waals surface area contributed by atoms with Gasteiger partial charge in [0, 0.05) is 5.56 Å². The number of carbonyl (C=O) groups is 2. The van der Waals surface area contributed by atoms with Crippen LogP contribution in [-0.2, 0) is 4.79 Å². The van der Waals surface area contributed by atoms with E-state index in [1.165, 1.54) is 0 Å². The molecule has 0 spiro atoms. The predicted molar refractivity (Wildman–Crippen MR) is 89.0 cm³/mol. The number of imide groups is 1. The van der Waals surface area contributed by atoms with Crippen molar-refractivity contribution < 1.29 is 14.0 Å². The zero-order chi connectivity index (χ0) is 16.5. The number of rotatable bonds is 3. The minimum atomic E-state index is -0.769. The Hall–Kier alpha value is -3.34. The largest absolute Gasteiger partial charge is 0.458 e. The van der Waals surface area contributed by atoms with Crippen molar-refractivity contribution in [2.75, 3.05) is 0 Å². The highest BCUT2D eigenvalue weighted by Crippen LogP contribution is 2.28. The third kappa shape index (κ3) is 2.56. The Morgan fingerprint density at radius 2 is 1.42 bits per heavy atom. The summed E-state index contributed by atoms with van der Waals surface area (Å²) in [5.74, 6) is 0.666. The van der Waals surface area contributed by atoms with Crippen LogP contribution in [0.25, 0.3) is 22.5 Å². The molecule has 3 aromatic rings. The molecule has 2 N–H and O–H groups in total. The van der Waals surface area contributed by atoms with Crippen LogP contribution in [0, 0.1) is 0 Å². The first-order valence-corrected chi connectivity index (χ1v) is 7.58. The van der Waals surface area contributed by atoms with Gasteiger partial charge in [-0.1, -0.05) is 54.6 Å². The predicted octanol–water partition coefficient (Wildman–Crippen LogP) is 3.49. The highest BCUT2D eigenvalue weighted by molar-refractivity contribution is 6.04. The van der Waals surface area contributed by atoms with E-state index in [1.54, 1.807) is 12.1 Å². The smallest absolute Gasteiger partial charge is 0.322 e. The number of hydrogen-bond donors (Lipinski definition) is 2. The van der Waals surface area contributed by atoms with E-state index in [9.17, 15) is 9.59 Å². The fraction of sp³-hybridized carbons (Fsp3) is 0.0526. The maximum atomic E-state index is 11.7. The van der Waals surface area contributed by atoms with Gasteiger partial charge in [-0.15, -0.1) is 0 Å². The van der Waals surface area contributed by atoms with Gasteiger partial charge in [0.05, 0.1) is 0 Å². The quantitative estimate of drug-likeness (QED) is 0.726. The third-order valence-corrected chi connectivity index (χ3v) is 3.96. The summed E-state index contributed by atoms with van der Waals surface area (Å²) in [6.07, 6.45) is 0. The maximum absolute atomic E-state index is 11.7. The number of furan rings is 1. The van der Waals surface area contributed by atoms with E-state index in [-0.39, 0.29) is 0 Å². The second kappa shape index (κ2) is 5.70. The molecule has 5 nitrogen and oxygen atoms in total. The minimum Gasteiger partial charge on any atom is -0.458 e. The summed E-state index contributed by atoms with van der Waals surface area (Å²) in [5.41, 5.74) is 3.17. The maximum Gasteiger partial charge on any atom is 0.322 e. The zero-order valence-corrected chi connectivity index (χ0v) is 12.7. The first kappa shape index (κ1) is 14.3. The van der Waals surface area contributed by atoms with Crippen LogP contribution in [0.4, 0.5) is 4.79 Å². The van der Waals surface area contributed by atoms with Crippen LogP contribution in [0.2, 0.25) is 0 Å². The summed E-state index contributed by atoms with van der Waals surface area (Å²) in [5, 5.41) is 4.71. The Balaban J connectivity index is 1.59. The highest BCUT2D eigenvalue weighted by Gasteiger charge is 2.33. The van der Waals surface area contributed by atoms with Crippen LogP contribution in [0.1, 0.15) is 11.8 Å². The lowest BCUT2D eigenvalue weighted by Gasteiger charge is -2.04. The lowest BCUT2D eigenvalue weighted by atomic mass is 10.0. The Bertz CT molecular complexity index is 898. The molecule has 0 saturated carbocycles. The molecule has 1 aliphatic rings. The Morgan fingerprint density at radius 3 is 2.08 bits per heavy atom. The van der Waals surface area contributed by atoms with Crippen LogP contribution < -0.4 is 10.6 Å². The van der Waals surface area contributed by atoms with E-state index in [1.807, 2.05) is 42.5 Å². The zero-order valence-electron chi connectivity index (χ0n) is 12.7. The minimum absolute atomic E-state index is 0.402. The monoisotopic (exact) mass is 318 g/mol. The van der Waals surface area contributed by atoms with Gasteiger partial charge in [0.15, 0.2) is 6.04 Å². The van der Waals surface area contributed by atoms with Crippen molar-refractivity contribution in [2.24, 2.45) is 0 Å². The third-order valence-electron chi connectivity index (χ3n) is 3.96. The average molecular weight is 318 g/mol. The van der Waals surface area contributed by atoms with Gasteiger partial charge in [-0.05, 0) is 23.3 Å². The second-order valence-electron chi connectivity index (χ2n) is 5.54. The van der Waals surface area contributed by atoms with E-state index >= 15 is 0 Å². The Labute approximate surface area is 138 Å². The molecule has 0 radical (unpaired) electrons. The number of urea groups is 1. The van der Waals surface area contributed by atoms with Crippen LogP contribution >= 0.6 is 0 Å². The number of carbonyl (C=O) groups excluding carboxylic acids is 2. The normalized spacial score (nSPS) is 16.8. The summed E-state index contributed by atoms with van der Waals surface area (Å²) in [4.78, 5) is 22.9. The summed E-state index contributed by atoms with van der Waals surface area (Å²) >= 11 is 0. The van der Waals surface area contributed by atoms with Crippen molar-refractivity contribution in [3.63, 3.8) is 0 Å². The molecule has 4 rings (SSSR count). The van der Waals surface area contributed by atoms with Gasteiger partial charge in [0.2, 0.25) is 0 Å². The molecular formula is C19H14N2O3. The van der Waals surface area contributed by atoms with E-state index in [0.29, 0.717) is 11.5 Å². The van der Waals surface area contributed by atoms with Crippen LogP contribution in [0.3, 0.4) is 0 Å². The molecule has 2 aromatic carbocycles. The van der Waals surface area contributed by atoms with Gasteiger partial charge < -0.3 is 9.73 Å². The average Bonchev–Trinajstić information content (AvgIpc) is 3.22. The van der Waals surface area contributed by atoms with Crippen LogP contribution in [0.5, 0.6) is 0 Å². The standard InChI is InChI=1S/C19H14N2O3/c22-18-17(20-19(23)21-18)16-11-10-15(24-16)14-8-6-13(7-9-14)12-4-2-1-3-5-12/h1-11,17H,(H2,20,21,22,23). The first-order chi connectivity index (χ1) is 11.7. The molecule has 1 aromatic heterocycles. The molecule has 1 unspecified atom stereocenters. The summed E-state index contributed by atoms with van der Waals surface area (Å²) < 4.78 is 5.74. The van der Waals surface area contributed by atoms with E-state index in [2.05, 4.69) is 22.8 Å². The Morgan fingerprint density at radius 1 is 0.750 bits per heavy atom. The van der Waals surface area contributed by atoms with E-state index < -0.39 is 18.0 Å². The second-order valence-corrected chi connectivity index (χ2v) is 5.54. The Kier molecular flexibility index (Phi) is 3.39. The number of nitrogens with one attached hydrogen (secondary N) is 2. The van der Waals surface area contributed by atoms with Crippen molar-refractivity contribution in [2.45, 2.75) is 6.04 Å². The molecule has 2 heterocycles. The van der Waals surface area contributed by atoms with Crippen molar-refractivity contribution in [3.05, 3.63) is 72.5 Å². The molecule has 118 valence electrons. The molecule has 1 aliphatic heterocycles. The molecule has 1 atom stereocenters. The molecule has 1 saturated heterocycles. The van der Waals surface area contributed by atoms with Gasteiger partial charge in [0.1, 0.15) is 11.5 Å². The summed E-state index contributed by atoms with van der Waals surface area (Å²) in [6, 6.07) is 20.3. The highest BCUT2D eigenvalue weighted by atomic mass is 16.3. The molecule has 3 amide bonds. The van der Waals surface area contributed by atoms with Crippen molar-refractivity contribution in [1.29, 1.82) is 0 Å². The molecule has 24 heavy (non-hydrogen) atoms. The molecular weight excluding hydrogens is 304 g/mol. The number of benzene rings is 2. The van der Waals surface area contributed by atoms with Crippen molar-refractivity contribution in [1.82, 2.24) is 10.6 Å². The lowest BCUT2D eigenvalue weighted by molar-refractivity contribution is -0.120. The van der Waals surface area contributed by atoms with Gasteiger partial charge in [-0.2, -0.15) is 0 Å². The molecule has 0 bridgehead atoms. The molecule has 0 aliphatic carbocycles. The van der Waals surface area contributed by atoms with E-state index in [4.69, 9.17) is 4.42 Å². The van der Waals surface area contributed by atoms with Gasteiger partial charge in [0.25, 0.3) is 5.91 Å². The SMILES string of the molecule is O=C1NC(=O)C(c2ccc(-c3ccc(-c4ccccc4)cc3)o2)N1. The summed E-state index contributed by atoms with van der Waals surface area (Å²) in [7, 11) is 0. The van der Waals surface area contributed by atoms with Gasteiger partial charge >= 0.3 is 6.03 Å². The number of amides is 3. The van der Waals surface area contributed by atoms with Crippen LogP contribution in [0.15, 0.2) is 71.1 Å². The lowest BCUT2D eigenvalue weighted by Crippen LogP contribution is -2.22. The fourth-order valence-corrected chi connectivity index (χ4v) is 2.74. The van der Waals surface area contributed by atoms with E-state index in [0.717, 1.165) is 16.7 Å². The summed E-state index contributed by atoms with van der Waals surface area (Å²) in [6.45, 7) is 0. The first-order valence-electron chi connectivity index (χ1n) is 7.58. The van der Waals surface area contributed by atoms with Crippen LogP contribution in [-0.4, -0.2) is 11.9 Å². The van der Waals surface area contributed by atoms with Crippen molar-refractivity contribution in [3.8, 4) is 22.5 Å². The number of hydrogen-bond acceptors (Lipinski definition) is 3.